The minimum atomic E-state index is -0.575. The predicted molar refractivity (Wildman–Crippen MR) is 64.9 cm³/mol. The van der Waals surface area contributed by atoms with E-state index in [4.69, 9.17) is 0 Å². The molecule has 1 aliphatic rings. The summed E-state index contributed by atoms with van der Waals surface area (Å²) in [5, 5.41) is 13.7. The topological polar surface area (TPSA) is 32.3 Å². The van der Waals surface area contributed by atoms with Gasteiger partial charge in [0.15, 0.2) is 0 Å². The van der Waals surface area contributed by atoms with Gasteiger partial charge in [0.25, 0.3) is 0 Å². The van der Waals surface area contributed by atoms with Crippen molar-refractivity contribution in [1.29, 1.82) is 0 Å². The fourth-order valence-corrected chi connectivity index (χ4v) is 1.85. The number of nitrogens with one attached hydrogen (secondary N) is 1. The largest absolute Gasteiger partial charge is 0.389 e. The highest BCUT2D eigenvalue weighted by Gasteiger charge is 2.42. The van der Waals surface area contributed by atoms with E-state index in [1.807, 2.05) is 6.92 Å². The van der Waals surface area contributed by atoms with Crippen molar-refractivity contribution in [1.82, 2.24) is 5.32 Å². The van der Waals surface area contributed by atoms with Gasteiger partial charge in [-0.05, 0) is 38.0 Å². The second-order valence-corrected chi connectivity index (χ2v) is 5.92. The predicted octanol–water partition coefficient (Wildman–Crippen LogP) is 2.56. The lowest BCUT2D eigenvalue weighted by atomic mass is 9.88. The Balaban J connectivity index is 2.35. The summed E-state index contributed by atoms with van der Waals surface area (Å²) in [7, 11) is 0. The molecule has 0 aromatic rings. The van der Waals surface area contributed by atoms with Gasteiger partial charge in [0.1, 0.15) is 0 Å². The van der Waals surface area contributed by atoms with Crippen molar-refractivity contribution in [3.63, 3.8) is 0 Å². The van der Waals surface area contributed by atoms with Crippen LogP contribution >= 0.6 is 0 Å². The molecule has 90 valence electrons. The van der Waals surface area contributed by atoms with Gasteiger partial charge in [0, 0.05) is 12.6 Å². The van der Waals surface area contributed by atoms with E-state index in [-0.39, 0.29) is 0 Å². The maximum absolute atomic E-state index is 10.3. The second kappa shape index (κ2) is 4.42. The van der Waals surface area contributed by atoms with Crippen LogP contribution in [-0.4, -0.2) is 23.3 Å². The molecule has 0 spiro atoms. The first-order valence-corrected chi connectivity index (χ1v) is 6.27. The van der Waals surface area contributed by atoms with Crippen molar-refractivity contribution in [2.75, 3.05) is 6.54 Å². The third-order valence-corrected chi connectivity index (χ3v) is 4.52. The zero-order valence-corrected chi connectivity index (χ0v) is 10.9. The van der Waals surface area contributed by atoms with E-state index in [9.17, 15) is 5.11 Å². The average Bonchev–Trinajstić information content (AvgIpc) is 2.93. The third-order valence-electron chi connectivity index (χ3n) is 4.52. The van der Waals surface area contributed by atoms with Crippen LogP contribution in [0, 0.1) is 11.3 Å². The molecule has 3 atom stereocenters. The molecule has 2 heteroatoms. The van der Waals surface area contributed by atoms with Crippen molar-refractivity contribution in [2.45, 2.75) is 65.5 Å². The van der Waals surface area contributed by atoms with Gasteiger partial charge < -0.3 is 10.4 Å². The third kappa shape index (κ3) is 3.18. The van der Waals surface area contributed by atoms with Gasteiger partial charge in [-0.25, -0.2) is 0 Å². The molecule has 1 rings (SSSR count). The fraction of sp³-hybridized carbons (Fsp3) is 1.00. The summed E-state index contributed by atoms with van der Waals surface area (Å²) in [6, 6.07) is 0.521. The van der Waals surface area contributed by atoms with Crippen LogP contribution in [0.4, 0.5) is 0 Å². The van der Waals surface area contributed by atoms with Crippen molar-refractivity contribution < 1.29 is 5.11 Å². The molecule has 1 saturated carbocycles. The molecule has 2 nitrogen and oxygen atoms in total. The molecule has 15 heavy (non-hydrogen) atoms. The summed E-state index contributed by atoms with van der Waals surface area (Å²) in [5.74, 6) is 0.351. The van der Waals surface area contributed by atoms with Gasteiger partial charge in [-0.1, -0.05) is 27.2 Å². The lowest BCUT2D eigenvalue weighted by Gasteiger charge is -2.32. The highest BCUT2D eigenvalue weighted by Crippen LogP contribution is 2.48. The molecule has 3 unspecified atom stereocenters. The van der Waals surface area contributed by atoms with Crippen LogP contribution in [0.3, 0.4) is 0 Å². The van der Waals surface area contributed by atoms with E-state index in [0.717, 1.165) is 6.42 Å². The Kier molecular flexibility index (Phi) is 3.83. The number of hydrogen-bond donors (Lipinski definition) is 2. The Morgan fingerprint density at radius 2 is 1.93 bits per heavy atom. The van der Waals surface area contributed by atoms with Crippen LogP contribution in [0.25, 0.3) is 0 Å². The maximum Gasteiger partial charge on any atom is 0.0768 e. The van der Waals surface area contributed by atoms with Crippen molar-refractivity contribution in [2.24, 2.45) is 11.3 Å². The minimum absolute atomic E-state index is 0.351. The molecule has 0 bridgehead atoms. The summed E-state index contributed by atoms with van der Waals surface area (Å²) in [4.78, 5) is 0. The Labute approximate surface area is 94.5 Å². The Morgan fingerprint density at radius 1 is 1.40 bits per heavy atom. The van der Waals surface area contributed by atoms with E-state index >= 15 is 0 Å². The monoisotopic (exact) mass is 213 g/mol. The first-order chi connectivity index (χ1) is 6.82. The van der Waals surface area contributed by atoms with Crippen LogP contribution in [0.2, 0.25) is 0 Å². The Hall–Kier alpha value is -0.0800. The lowest BCUT2D eigenvalue weighted by Crippen LogP contribution is -2.47. The number of hydrogen-bond acceptors (Lipinski definition) is 2. The van der Waals surface area contributed by atoms with Crippen molar-refractivity contribution in [3.05, 3.63) is 0 Å². The highest BCUT2D eigenvalue weighted by molar-refractivity contribution is 4.97. The molecule has 0 aromatic heterocycles. The van der Waals surface area contributed by atoms with Gasteiger partial charge in [0.05, 0.1) is 5.60 Å². The van der Waals surface area contributed by atoms with Crippen LogP contribution in [0.5, 0.6) is 0 Å². The summed E-state index contributed by atoms with van der Waals surface area (Å²) in [6.07, 6.45) is 3.68. The number of aliphatic hydroxyl groups is 1. The van der Waals surface area contributed by atoms with E-state index in [2.05, 4.69) is 33.0 Å². The van der Waals surface area contributed by atoms with Crippen LogP contribution in [0.1, 0.15) is 53.9 Å². The number of rotatable bonds is 6. The standard InChI is InChI=1S/C13H27NO/c1-6-10(2)13(5,15)9-14-11(3)12(4)7-8-12/h10-11,14-15H,6-9H2,1-5H3. The van der Waals surface area contributed by atoms with E-state index < -0.39 is 5.60 Å². The van der Waals surface area contributed by atoms with Gasteiger partial charge in [0.2, 0.25) is 0 Å². The summed E-state index contributed by atoms with van der Waals surface area (Å²) in [6.45, 7) is 11.5. The SMILES string of the molecule is CCC(C)C(C)(O)CNC(C)C1(C)CC1. The van der Waals surface area contributed by atoms with Crippen LogP contribution in [0.15, 0.2) is 0 Å². The normalized spacial score (nSPS) is 26.8. The quantitative estimate of drug-likeness (QED) is 0.711. The lowest BCUT2D eigenvalue weighted by molar-refractivity contribution is 0.00200. The summed E-state index contributed by atoms with van der Waals surface area (Å²) < 4.78 is 0. The second-order valence-electron chi connectivity index (χ2n) is 5.92. The molecule has 2 N–H and O–H groups in total. The van der Waals surface area contributed by atoms with Gasteiger partial charge in [-0.2, -0.15) is 0 Å². The van der Waals surface area contributed by atoms with Crippen molar-refractivity contribution in [3.8, 4) is 0 Å². The Morgan fingerprint density at radius 3 is 2.33 bits per heavy atom. The van der Waals surface area contributed by atoms with E-state index in [1.54, 1.807) is 0 Å². The van der Waals surface area contributed by atoms with Gasteiger partial charge >= 0.3 is 0 Å². The molecule has 0 saturated heterocycles. The first-order valence-electron chi connectivity index (χ1n) is 6.27. The molecule has 0 heterocycles. The van der Waals surface area contributed by atoms with Gasteiger partial charge in [-0.15, -0.1) is 0 Å². The molecule has 1 fully saturated rings. The summed E-state index contributed by atoms with van der Waals surface area (Å²) in [5.41, 5.74) is -0.0835. The highest BCUT2D eigenvalue weighted by atomic mass is 16.3. The van der Waals surface area contributed by atoms with Crippen LogP contribution < -0.4 is 5.32 Å². The van der Waals surface area contributed by atoms with Gasteiger partial charge in [-0.3, -0.25) is 0 Å². The van der Waals surface area contributed by atoms with E-state index in [1.165, 1.54) is 12.8 Å². The molecule has 0 aromatic carbocycles. The van der Waals surface area contributed by atoms with Crippen molar-refractivity contribution >= 4 is 0 Å². The molecule has 0 aliphatic heterocycles. The average molecular weight is 213 g/mol. The van der Waals surface area contributed by atoms with Crippen LogP contribution in [-0.2, 0) is 0 Å². The molecular weight excluding hydrogens is 186 g/mol. The molecule has 0 amide bonds. The smallest absolute Gasteiger partial charge is 0.0768 e. The summed E-state index contributed by atoms with van der Waals surface area (Å²) >= 11 is 0. The Bertz CT molecular complexity index is 209. The molecular formula is C13H27NO. The molecule has 1 aliphatic carbocycles. The first kappa shape index (κ1) is 13.0. The maximum atomic E-state index is 10.3. The zero-order chi connectivity index (χ0) is 11.7. The fourth-order valence-electron chi connectivity index (χ4n) is 1.85. The zero-order valence-electron chi connectivity index (χ0n) is 10.9. The molecule has 0 radical (unpaired) electrons. The van der Waals surface area contributed by atoms with E-state index in [0.29, 0.717) is 23.9 Å². The minimum Gasteiger partial charge on any atom is -0.389 e.